The molecule has 0 saturated carbocycles. The Balaban J connectivity index is 2.37. The van der Waals surface area contributed by atoms with E-state index >= 15 is 0 Å². The zero-order valence-corrected chi connectivity index (χ0v) is 7.99. The van der Waals surface area contributed by atoms with Crippen molar-refractivity contribution in [2.75, 3.05) is 25.6 Å². The molecule has 1 rings (SSSR count). The molecule has 1 fully saturated rings. The summed E-state index contributed by atoms with van der Waals surface area (Å²) in [5.41, 5.74) is 0. The Labute approximate surface area is 68.8 Å². The molecule has 0 aliphatic carbocycles. The van der Waals surface area contributed by atoms with Gasteiger partial charge in [0.2, 0.25) is 0 Å². The lowest BCUT2D eigenvalue weighted by atomic mass is 10.2. The Morgan fingerprint density at radius 3 is 2.82 bits per heavy atom. The predicted octanol–water partition coefficient (Wildman–Crippen LogP) is 0.466. The van der Waals surface area contributed by atoms with E-state index in [2.05, 4.69) is 9.68 Å². The molecule has 0 aromatic carbocycles. The molecular weight excluding hydrogens is 160 g/mol. The summed E-state index contributed by atoms with van der Waals surface area (Å²) in [5.74, 6) is 0. The first-order valence-electron chi connectivity index (χ1n) is 3.94. The molecule has 0 bridgehead atoms. The van der Waals surface area contributed by atoms with E-state index in [0.717, 1.165) is 6.54 Å². The van der Waals surface area contributed by atoms with Crippen molar-refractivity contribution >= 4 is 9.73 Å². The van der Waals surface area contributed by atoms with E-state index < -0.39 is 9.73 Å². The first-order chi connectivity index (χ1) is 5.08. The van der Waals surface area contributed by atoms with Crippen LogP contribution in [0.5, 0.6) is 0 Å². The zero-order valence-electron chi connectivity index (χ0n) is 7.17. The number of hydrogen-bond donors (Lipinski definition) is 1. The van der Waals surface area contributed by atoms with Gasteiger partial charge in [-0.25, -0.2) is 4.36 Å². The fourth-order valence-electron chi connectivity index (χ4n) is 1.18. The van der Waals surface area contributed by atoms with Gasteiger partial charge in [0.05, 0.1) is 6.54 Å². The summed E-state index contributed by atoms with van der Waals surface area (Å²) >= 11 is 0. The van der Waals surface area contributed by atoms with Gasteiger partial charge in [-0.3, -0.25) is 4.21 Å². The third-order valence-electron chi connectivity index (χ3n) is 1.77. The first kappa shape index (κ1) is 9.00. The molecule has 1 aliphatic heterocycles. The van der Waals surface area contributed by atoms with Crippen molar-refractivity contribution in [1.82, 2.24) is 5.32 Å². The molecule has 0 spiro atoms. The Morgan fingerprint density at radius 1 is 1.64 bits per heavy atom. The fraction of sp³-hybridized carbons (Fsp3) is 1.00. The summed E-state index contributed by atoms with van der Waals surface area (Å²) in [6, 6.07) is 0.482. The van der Waals surface area contributed by atoms with Crippen LogP contribution in [-0.4, -0.2) is 35.9 Å². The fourth-order valence-corrected chi connectivity index (χ4v) is 1.72. The molecule has 0 aromatic heterocycles. The van der Waals surface area contributed by atoms with Crippen LogP contribution >= 0.6 is 0 Å². The molecule has 3 nitrogen and oxygen atoms in total. The quantitative estimate of drug-likeness (QED) is 0.664. The Morgan fingerprint density at radius 2 is 2.36 bits per heavy atom. The van der Waals surface area contributed by atoms with Crippen molar-refractivity contribution in [2.24, 2.45) is 4.36 Å². The van der Waals surface area contributed by atoms with Gasteiger partial charge in [-0.2, -0.15) is 0 Å². The van der Waals surface area contributed by atoms with Gasteiger partial charge < -0.3 is 5.32 Å². The van der Waals surface area contributed by atoms with Crippen LogP contribution in [0.2, 0.25) is 0 Å². The van der Waals surface area contributed by atoms with E-state index in [1.54, 1.807) is 12.5 Å². The number of hydrogen-bond acceptors (Lipinski definition) is 3. The van der Waals surface area contributed by atoms with Crippen molar-refractivity contribution in [3.8, 4) is 0 Å². The van der Waals surface area contributed by atoms with Crippen LogP contribution in [0.25, 0.3) is 0 Å². The highest BCUT2D eigenvalue weighted by atomic mass is 32.2. The second kappa shape index (κ2) is 3.54. The van der Waals surface area contributed by atoms with Crippen LogP contribution in [0.4, 0.5) is 0 Å². The van der Waals surface area contributed by atoms with E-state index in [0.29, 0.717) is 12.6 Å². The molecule has 0 radical (unpaired) electrons. The smallest absolute Gasteiger partial charge is 0.0637 e. The molecule has 0 unspecified atom stereocenters. The largest absolute Gasteiger partial charge is 0.312 e. The first-order valence-corrected chi connectivity index (χ1v) is 6.27. The monoisotopic (exact) mass is 176 g/mol. The maximum atomic E-state index is 11.1. The van der Waals surface area contributed by atoms with Gasteiger partial charge in [-0.1, -0.05) is 0 Å². The topological polar surface area (TPSA) is 41.5 Å². The van der Waals surface area contributed by atoms with E-state index in [-0.39, 0.29) is 0 Å². The summed E-state index contributed by atoms with van der Waals surface area (Å²) in [5, 5.41) is 3.31. The molecule has 0 aromatic rings. The second-order valence-corrected chi connectivity index (χ2v) is 5.91. The van der Waals surface area contributed by atoms with Crippen molar-refractivity contribution in [1.29, 1.82) is 0 Å². The van der Waals surface area contributed by atoms with Gasteiger partial charge in [0.1, 0.15) is 0 Å². The van der Waals surface area contributed by atoms with E-state index in [9.17, 15) is 4.21 Å². The SMILES string of the molecule is CS(C)(=O)=NC[C@H]1CCCN1. The van der Waals surface area contributed by atoms with Crippen molar-refractivity contribution < 1.29 is 4.21 Å². The lowest BCUT2D eigenvalue weighted by Crippen LogP contribution is -2.24. The number of nitrogens with one attached hydrogen (secondary N) is 1. The minimum Gasteiger partial charge on any atom is -0.312 e. The third kappa shape index (κ3) is 3.72. The van der Waals surface area contributed by atoms with Gasteiger partial charge >= 0.3 is 0 Å². The average molecular weight is 176 g/mol. The van der Waals surface area contributed by atoms with Gasteiger partial charge in [0.25, 0.3) is 0 Å². The summed E-state index contributed by atoms with van der Waals surface area (Å²) in [6.07, 6.45) is 5.78. The average Bonchev–Trinajstić information content (AvgIpc) is 2.32. The second-order valence-electron chi connectivity index (χ2n) is 3.29. The molecule has 11 heavy (non-hydrogen) atoms. The van der Waals surface area contributed by atoms with Crippen molar-refractivity contribution in [3.63, 3.8) is 0 Å². The van der Waals surface area contributed by atoms with Gasteiger partial charge in [-0.15, -0.1) is 0 Å². The summed E-state index contributed by atoms with van der Waals surface area (Å²) in [6.45, 7) is 1.81. The van der Waals surface area contributed by atoms with Crippen LogP contribution in [-0.2, 0) is 9.73 Å². The summed E-state index contributed by atoms with van der Waals surface area (Å²) in [7, 11) is -1.88. The molecule has 1 N–H and O–H groups in total. The van der Waals surface area contributed by atoms with E-state index in [4.69, 9.17) is 0 Å². The van der Waals surface area contributed by atoms with Crippen LogP contribution in [0.3, 0.4) is 0 Å². The summed E-state index contributed by atoms with van der Waals surface area (Å²) in [4.78, 5) is 0. The maximum absolute atomic E-state index is 11.1. The highest BCUT2D eigenvalue weighted by Gasteiger charge is 2.12. The highest BCUT2D eigenvalue weighted by Crippen LogP contribution is 2.05. The minimum atomic E-state index is -1.88. The number of nitrogens with zero attached hydrogens (tertiary/aromatic N) is 1. The minimum absolute atomic E-state index is 0.482. The Kier molecular flexibility index (Phi) is 2.90. The lowest BCUT2D eigenvalue weighted by molar-refractivity contribution is 0.615. The molecule has 66 valence electrons. The molecule has 1 atom stereocenters. The van der Waals surface area contributed by atoms with E-state index in [1.807, 2.05) is 0 Å². The molecule has 1 aliphatic rings. The van der Waals surface area contributed by atoms with Gasteiger partial charge in [-0.05, 0) is 19.4 Å². The molecular formula is C7H16N2OS. The van der Waals surface area contributed by atoms with Gasteiger partial charge in [0.15, 0.2) is 0 Å². The molecule has 0 amide bonds. The van der Waals surface area contributed by atoms with Crippen molar-refractivity contribution in [3.05, 3.63) is 0 Å². The van der Waals surface area contributed by atoms with Crippen molar-refractivity contribution in [2.45, 2.75) is 18.9 Å². The molecule has 4 heteroatoms. The summed E-state index contributed by atoms with van der Waals surface area (Å²) < 4.78 is 15.3. The Hall–Kier alpha value is -0.0900. The highest BCUT2D eigenvalue weighted by molar-refractivity contribution is 7.92. The van der Waals surface area contributed by atoms with Gasteiger partial charge in [0, 0.05) is 28.3 Å². The molecule has 1 heterocycles. The standard InChI is InChI=1S/C7H16N2OS/c1-11(2,10)9-6-7-4-3-5-8-7/h7-8H,3-6H2,1-2H3/t7-/m1/s1. The van der Waals surface area contributed by atoms with Crippen LogP contribution < -0.4 is 5.32 Å². The number of rotatable bonds is 2. The Bertz CT molecular complexity index is 217. The zero-order chi connectivity index (χ0) is 8.32. The third-order valence-corrected chi connectivity index (χ3v) is 2.54. The van der Waals surface area contributed by atoms with E-state index in [1.165, 1.54) is 12.8 Å². The van der Waals surface area contributed by atoms with Crippen LogP contribution in [0, 0.1) is 0 Å². The maximum Gasteiger partial charge on any atom is 0.0637 e. The predicted molar refractivity (Wildman–Crippen MR) is 48.3 cm³/mol. The normalized spacial score (nSPS) is 25.5. The molecule has 1 saturated heterocycles. The van der Waals surface area contributed by atoms with Crippen LogP contribution in [0.1, 0.15) is 12.8 Å². The lowest BCUT2D eigenvalue weighted by Gasteiger charge is -2.05. The van der Waals surface area contributed by atoms with Crippen LogP contribution in [0.15, 0.2) is 4.36 Å².